The van der Waals surface area contributed by atoms with Gasteiger partial charge in [-0.25, -0.2) is 21.4 Å². The van der Waals surface area contributed by atoms with Gasteiger partial charge in [0.15, 0.2) is 21.4 Å². The Kier molecular flexibility index (Phi) is 13.5. The number of phenols is 1. The number of sulfone groups is 1. The molecule has 0 unspecified atom stereocenters. The standard InChI is InChI=1S/C30H23F2N7O19S6/c31-15-1-6-22(60(43,44)45)20(11-15)36-35-19-13-23(61(46,47)48)21(12-18(19)32)37-39-29-25(63(52,53)54)10-14-9-24(62(49,50)51)28(27(33)26(14)30(29)40)38-34-16-2-4-17(5-3-16)59(41,42)8-7-58-64(55,56)57/h1-6,9-13,40H,7-8,33H2,(H,43,44,45)(H,46,47,48)(H,49,50,51)(H,52,53,54)(H,55,56,57). The molecule has 5 aromatic carbocycles. The van der Waals surface area contributed by atoms with Crippen molar-refractivity contribution in [3.05, 3.63) is 78.4 Å². The van der Waals surface area contributed by atoms with E-state index in [2.05, 4.69) is 34.9 Å². The Morgan fingerprint density at radius 3 is 1.59 bits per heavy atom. The van der Waals surface area contributed by atoms with E-state index in [0.29, 0.717) is 30.3 Å². The van der Waals surface area contributed by atoms with Crippen LogP contribution in [0.25, 0.3) is 10.8 Å². The number of halogens is 2. The Hall–Kier alpha value is -5.92. The van der Waals surface area contributed by atoms with Crippen molar-refractivity contribution in [3.8, 4) is 5.75 Å². The van der Waals surface area contributed by atoms with Crippen LogP contribution in [0, 0.1) is 11.6 Å². The number of nitrogens with zero attached hydrogens (tertiary/aromatic N) is 6. The first-order valence-corrected chi connectivity index (χ1v) is 24.9. The van der Waals surface area contributed by atoms with Crippen LogP contribution < -0.4 is 5.73 Å². The number of phenolic OH excluding ortho intramolecular Hbond substituents is 1. The molecule has 0 aliphatic rings. The number of nitrogens with two attached hydrogens (primary N) is 1. The summed E-state index contributed by atoms with van der Waals surface area (Å²) in [6.45, 7) is -0.957. The maximum absolute atomic E-state index is 15.3. The first kappa shape index (κ1) is 49.1. The molecule has 34 heteroatoms. The Morgan fingerprint density at radius 2 is 1.05 bits per heavy atom. The molecule has 0 aliphatic heterocycles. The topological polar surface area (TPSA) is 436 Å². The van der Waals surface area contributed by atoms with Gasteiger partial charge in [-0.3, -0.25) is 22.8 Å². The van der Waals surface area contributed by atoms with Crippen LogP contribution in [0.1, 0.15) is 0 Å². The SMILES string of the molecule is Nc1c(N=Nc2ccc(S(=O)(=O)CCOS(=O)(=O)O)cc2)c(S(=O)(=O)O)cc2cc(S(=O)(=O)O)c(N=Nc3cc(F)c(N=Nc4cc(F)ccc4S(=O)(=O)O)cc3S(=O)(=O)O)c(O)c12. The Bertz CT molecular complexity index is 3560. The molecule has 5 rings (SSSR count). The third kappa shape index (κ3) is 11.4. The highest BCUT2D eigenvalue weighted by Gasteiger charge is 2.29. The van der Waals surface area contributed by atoms with Crippen molar-refractivity contribution < 1.29 is 91.3 Å². The van der Waals surface area contributed by atoms with Crippen molar-refractivity contribution in [1.82, 2.24) is 0 Å². The van der Waals surface area contributed by atoms with Crippen molar-refractivity contribution in [2.45, 2.75) is 24.5 Å². The van der Waals surface area contributed by atoms with Gasteiger partial charge < -0.3 is 10.8 Å². The van der Waals surface area contributed by atoms with E-state index in [1.807, 2.05) is 0 Å². The maximum Gasteiger partial charge on any atom is 0.397 e. The van der Waals surface area contributed by atoms with Gasteiger partial charge >= 0.3 is 10.4 Å². The fourth-order valence-corrected chi connectivity index (χ4v) is 9.24. The summed E-state index contributed by atoms with van der Waals surface area (Å²) in [4.78, 5) is -5.39. The van der Waals surface area contributed by atoms with Gasteiger partial charge in [0.25, 0.3) is 40.5 Å². The molecule has 0 fully saturated rings. The molecule has 8 N–H and O–H groups in total. The van der Waals surface area contributed by atoms with E-state index < -0.39 is 160 Å². The van der Waals surface area contributed by atoms with Crippen LogP contribution in [-0.2, 0) is 64.9 Å². The van der Waals surface area contributed by atoms with Gasteiger partial charge in [0.1, 0.15) is 53.8 Å². The summed E-state index contributed by atoms with van der Waals surface area (Å²) in [5, 5.41) is 30.6. The summed E-state index contributed by atoms with van der Waals surface area (Å²) in [5.74, 6) is -4.98. The second kappa shape index (κ2) is 17.6. The number of azo groups is 3. The highest BCUT2D eigenvalue weighted by atomic mass is 32.3. The van der Waals surface area contributed by atoms with Crippen molar-refractivity contribution in [1.29, 1.82) is 0 Å². The van der Waals surface area contributed by atoms with Crippen molar-refractivity contribution in [2.75, 3.05) is 18.1 Å². The highest BCUT2D eigenvalue weighted by Crippen LogP contribution is 2.48. The number of anilines is 1. The largest absolute Gasteiger partial charge is 0.505 e. The number of fused-ring (bicyclic) bond motifs is 1. The lowest BCUT2D eigenvalue weighted by Crippen LogP contribution is -2.15. The molecule has 5 aromatic rings. The van der Waals surface area contributed by atoms with Gasteiger partial charge in [-0.05, 0) is 60.0 Å². The summed E-state index contributed by atoms with van der Waals surface area (Å²) in [6.07, 6.45) is 0. The molecule has 0 saturated carbocycles. The molecule has 0 radical (unpaired) electrons. The van der Waals surface area contributed by atoms with E-state index >= 15 is 4.39 Å². The van der Waals surface area contributed by atoms with Crippen LogP contribution >= 0.6 is 0 Å². The molecule has 0 aliphatic carbocycles. The zero-order valence-corrected chi connectivity index (χ0v) is 35.6. The third-order valence-electron chi connectivity index (χ3n) is 7.94. The van der Waals surface area contributed by atoms with Gasteiger partial charge in [0.2, 0.25) is 0 Å². The Morgan fingerprint density at radius 1 is 0.547 bits per heavy atom. The van der Waals surface area contributed by atoms with Crippen molar-refractivity contribution in [3.63, 3.8) is 0 Å². The van der Waals surface area contributed by atoms with Crippen LogP contribution in [0.15, 0.2) is 122 Å². The predicted molar refractivity (Wildman–Crippen MR) is 211 cm³/mol. The fourth-order valence-electron chi connectivity index (χ4n) is 5.19. The second-order valence-corrected chi connectivity index (χ2v) is 21.0. The van der Waals surface area contributed by atoms with E-state index in [1.54, 1.807) is 0 Å². The third-order valence-corrected chi connectivity index (χ3v) is 13.6. The molecule has 26 nitrogen and oxygen atoms in total. The van der Waals surface area contributed by atoms with Crippen LogP contribution in [-0.4, -0.2) is 90.7 Å². The quantitative estimate of drug-likeness (QED) is 0.0401. The molecule has 0 spiro atoms. The molecular formula is C30H23F2N7O19S6. The summed E-state index contributed by atoms with van der Waals surface area (Å²) >= 11 is 0. The summed E-state index contributed by atoms with van der Waals surface area (Å²) in [5.41, 5.74) is -0.475. The van der Waals surface area contributed by atoms with E-state index in [4.69, 9.17) is 10.3 Å². The van der Waals surface area contributed by atoms with Crippen molar-refractivity contribution >= 4 is 111 Å². The maximum atomic E-state index is 15.3. The summed E-state index contributed by atoms with van der Waals surface area (Å²) < 4.78 is 225. The lowest BCUT2D eigenvalue weighted by atomic mass is 10.1. The van der Waals surface area contributed by atoms with Gasteiger partial charge in [0, 0.05) is 12.1 Å². The minimum absolute atomic E-state index is 0.187. The molecule has 0 bridgehead atoms. The Labute approximate surface area is 358 Å². The summed E-state index contributed by atoms with van der Waals surface area (Å²) in [6, 6.07) is 6.86. The Balaban J connectivity index is 1.63. The summed E-state index contributed by atoms with van der Waals surface area (Å²) in [7, 11) is -30.6. The fraction of sp³-hybridized carbons (Fsp3) is 0.0667. The molecule has 64 heavy (non-hydrogen) atoms. The predicted octanol–water partition coefficient (Wildman–Crippen LogP) is 5.23. The molecule has 0 saturated heterocycles. The average Bonchev–Trinajstić information content (AvgIpc) is 3.14. The molecule has 0 heterocycles. The zero-order chi connectivity index (χ0) is 48.0. The molecule has 0 atom stereocenters. The van der Waals surface area contributed by atoms with Crippen LogP contribution in [0.4, 0.5) is 48.6 Å². The van der Waals surface area contributed by atoms with Gasteiger partial charge in [-0.1, -0.05) is 0 Å². The van der Waals surface area contributed by atoms with Crippen molar-refractivity contribution in [2.24, 2.45) is 30.7 Å². The number of benzene rings is 5. The number of hydrogen-bond acceptors (Lipinski definition) is 21. The van der Waals surface area contributed by atoms with Crippen LogP contribution in [0.5, 0.6) is 5.75 Å². The van der Waals surface area contributed by atoms with E-state index in [9.17, 15) is 78.2 Å². The molecule has 0 amide bonds. The molecule has 0 aromatic heterocycles. The first-order chi connectivity index (χ1) is 29.3. The van der Waals surface area contributed by atoms with Crippen LogP contribution in [0.3, 0.4) is 0 Å². The lowest BCUT2D eigenvalue weighted by molar-refractivity contribution is 0.284. The molecule has 342 valence electrons. The lowest BCUT2D eigenvalue weighted by Gasteiger charge is -2.14. The first-order valence-electron chi connectivity index (χ1n) is 16.1. The second-order valence-electron chi connectivity index (χ2n) is 12.3. The zero-order valence-electron chi connectivity index (χ0n) is 30.7. The van der Waals surface area contributed by atoms with E-state index in [0.717, 1.165) is 24.3 Å². The normalized spacial score (nSPS) is 13.5. The monoisotopic (exact) mass is 1010 g/mol. The minimum Gasteiger partial charge on any atom is -0.505 e. The van der Waals surface area contributed by atoms with Gasteiger partial charge in [-0.15, -0.1) is 25.6 Å². The van der Waals surface area contributed by atoms with Gasteiger partial charge in [0.05, 0.1) is 34.0 Å². The number of nitrogen functional groups attached to an aromatic ring is 1. The van der Waals surface area contributed by atoms with E-state index in [-0.39, 0.29) is 17.8 Å². The smallest absolute Gasteiger partial charge is 0.397 e. The molecular weight excluding hydrogens is 993 g/mol. The highest BCUT2D eigenvalue weighted by molar-refractivity contribution is 7.91. The number of rotatable bonds is 15. The number of aromatic hydroxyl groups is 1. The van der Waals surface area contributed by atoms with Gasteiger partial charge in [-0.2, -0.15) is 47.2 Å². The minimum atomic E-state index is -5.55. The van der Waals surface area contributed by atoms with E-state index in [1.165, 1.54) is 0 Å². The van der Waals surface area contributed by atoms with Crippen LogP contribution in [0.2, 0.25) is 0 Å². The number of hydrogen-bond donors (Lipinski definition) is 7. The average molecular weight is 1020 g/mol.